The van der Waals surface area contributed by atoms with Crippen LogP contribution in [0.5, 0.6) is 5.75 Å². The second-order valence-electron chi connectivity index (χ2n) is 4.31. The number of rotatable bonds is 3. The lowest BCUT2D eigenvalue weighted by molar-refractivity contribution is 0.221. The monoisotopic (exact) mass is 349 g/mol. The summed E-state index contributed by atoms with van der Waals surface area (Å²) < 4.78 is 6.11. The molecule has 1 unspecified atom stereocenters. The minimum Gasteiger partial charge on any atom is -0.496 e. The number of fused-ring (bicyclic) bond motifs is 1. The van der Waals surface area contributed by atoms with Gasteiger partial charge in [-0.1, -0.05) is 30.3 Å². The molecule has 5 heteroatoms. The van der Waals surface area contributed by atoms with E-state index in [1.165, 1.54) is 11.3 Å². The van der Waals surface area contributed by atoms with Gasteiger partial charge in [0, 0.05) is 10.8 Å². The zero-order valence-corrected chi connectivity index (χ0v) is 13.1. The number of aliphatic hydroxyl groups is 1. The van der Waals surface area contributed by atoms with E-state index in [4.69, 9.17) is 4.74 Å². The molecule has 0 fully saturated rings. The van der Waals surface area contributed by atoms with Crippen molar-refractivity contribution in [2.75, 3.05) is 7.11 Å². The molecule has 0 saturated carbocycles. The Kier molecular flexibility index (Phi) is 3.74. The van der Waals surface area contributed by atoms with Crippen LogP contribution in [0.4, 0.5) is 0 Å². The van der Waals surface area contributed by atoms with E-state index < -0.39 is 6.10 Å². The summed E-state index contributed by atoms with van der Waals surface area (Å²) in [4.78, 5) is 4.29. The quantitative estimate of drug-likeness (QED) is 0.772. The average molecular weight is 350 g/mol. The molecule has 1 N–H and O–H groups in total. The largest absolute Gasteiger partial charge is 0.496 e. The number of aliphatic hydroxyl groups excluding tert-OH is 1. The zero-order chi connectivity index (χ0) is 14.1. The number of nitrogens with zero attached hydrogens (tertiary/aromatic N) is 1. The highest BCUT2D eigenvalue weighted by Gasteiger charge is 2.18. The van der Waals surface area contributed by atoms with Crippen LogP contribution in [-0.2, 0) is 0 Å². The molecule has 102 valence electrons. The fourth-order valence-corrected chi connectivity index (χ4v) is 3.50. The van der Waals surface area contributed by atoms with Crippen molar-refractivity contribution in [2.24, 2.45) is 0 Å². The lowest BCUT2D eigenvalue weighted by Crippen LogP contribution is -2.00. The van der Waals surface area contributed by atoms with Crippen LogP contribution in [0, 0.1) is 0 Å². The summed E-state index contributed by atoms with van der Waals surface area (Å²) in [5.74, 6) is 0.803. The fourth-order valence-electron chi connectivity index (χ4n) is 2.24. The number of halogens is 1. The van der Waals surface area contributed by atoms with Crippen LogP contribution in [0.2, 0.25) is 0 Å². The van der Waals surface area contributed by atoms with Gasteiger partial charge in [-0.25, -0.2) is 4.98 Å². The van der Waals surface area contributed by atoms with Crippen molar-refractivity contribution in [2.45, 2.75) is 6.10 Å². The van der Waals surface area contributed by atoms with Crippen LogP contribution >= 0.6 is 27.3 Å². The molecule has 0 aliphatic rings. The number of hydrogen-bond donors (Lipinski definition) is 1. The summed E-state index contributed by atoms with van der Waals surface area (Å²) in [6.07, 6.45) is -0.734. The third-order valence-corrected chi connectivity index (χ3v) is 4.77. The second kappa shape index (κ2) is 5.52. The molecular weight excluding hydrogens is 338 g/mol. The normalized spacial score (nSPS) is 12.6. The average Bonchev–Trinajstić information content (AvgIpc) is 2.92. The zero-order valence-electron chi connectivity index (χ0n) is 10.7. The van der Waals surface area contributed by atoms with Crippen molar-refractivity contribution in [3.63, 3.8) is 0 Å². The Morgan fingerprint density at radius 1 is 1.20 bits per heavy atom. The molecule has 1 aromatic heterocycles. The first kappa shape index (κ1) is 13.5. The first-order valence-electron chi connectivity index (χ1n) is 6.05. The molecule has 0 aliphatic carbocycles. The third-order valence-electron chi connectivity index (χ3n) is 3.16. The van der Waals surface area contributed by atoms with Crippen LogP contribution in [0.15, 0.2) is 46.4 Å². The lowest BCUT2D eigenvalue weighted by Gasteiger charge is -2.13. The van der Waals surface area contributed by atoms with Gasteiger partial charge in [0.1, 0.15) is 21.5 Å². The Balaban J connectivity index is 2.17. The van der Waals surface area contributed by atoms with Gasteiger partial charge in [-0.2, -0.15) is 0 Å². The first-order valence-corrected chi connectivity index (χ1v) is 7.72. The number of benzene rings is 2. The highest BCUT2D eigenvalue weighted by Crippen LogP contribution is 2.35. The topological polar surface area (TPSA) is 42.4 Å². The lowest BCUT2D eigenvalue weighted by atomic mass is 10.00. The van der Waals surface area contributed by atoms with Crippen molar-refractivity contribution >= 4 is 38.0 Å². The molecule has 3 aromatic rings. The van der Waals surface area contributed by atoms with Gasteiger partial charge in [-0.3, -0.25) is 0 Å². The Labute approximate surface area is 129 Å². The number of hydrogen-bond acceptors (Lipinski definition) is 4. The van der Waals surface area contributed by atoms with E-state index in [1.807, 2.05) is 41.8 Å². The van der Waals surface area contributed by atoms with E-state index in [0.29, 0.717) is 5.01 Å². The van der Waals surface area contributed by atoms with Crippen LogP contribution in [0.1, 0.15) is 16.7 Å². The third kappa shape index (κ3) is 2.32. The van der Waals surface area contributed by atoms with Crippen LogP contribution in [0.3, 0.4) is 0 Å². The molecular formula is C15H12BrNO2S. The van der Waals surface area contributed by atoms with Gasteiger partial charge in [0.15, 0.2) is 0 Å². The standard InChI is InChI=1S/C15H12BrNO2S/c1-19-12-7-6-11(9-4-2-3-5-10(9)12)14(18)15-17-13(16)8-20-15/h2-8,14,18H,1H3. The Morgan fingerprint density at radius 2 is 1.95 bits per heavy atom. The van der Waals surface area contributed by atoms with Crippen LogP contribution < -0.4 is 4.74 Å². The molecule has 3 rings (SSSR count). The van der Waals surface area contributed by atoms with Crippen molar-refractivity contribution in [1.29, 1.82) is 0 Å². The SMILES string of the molecule is COc1ccc(C(O)c2nc(Br)cs2)c2ccccc12. The summed E-state index contributed by atoms with van der Waals surface area (Å²) in [6.45, 7) is 0. The van der Waals surface area contributed by atoms with E-state index in [2.05, 4.69) is 20.9 Å². The van der Waals surface area contributed by atoms with Gasteiger partial charge in [-0.05, 0) is 32.9 Å². The van der Waals surface area contributed by atoms with Crippen molar-refractivity contribution in [3.05, 3.63) is 57.0 Å². The van der Waals surface area contributed by atoms with Crippen molar-refractivity contribution < 1.29 is 9.84 Å². The number of ether oxygens (including phenoxy) is 1. The Bertz CT molecular complexity index is 756. The molecule has 0 saturated heterocycles. The minimum absolute atomic E-state index is 0.673. The van der Waals surface area contributed by atoms with E-state index in [-0.39, 0.29) is 0 Å². The smallest absolute Gasteiger partial charge is 0.131 e. The molecule has 3 nitrogen and oxygen atoms in total. The van der Waals surface area contributed by atoms with Gasteiger partial charge in [0.2, 0.25) is 0 Å². The highest BCUT2D eigenvalue weighted by atomic mass is 79.9. The summed E-state index contributed by atoms with van der Waals surface area (Å²) in [5, 5.41) is 15.1. The molecule has 0 amide bonds. The maximum absolute atomic E-state index is 10.6. The van der Waals surface area contributed by atoms with E-state index in [1.54, 1.807) is 7.11 Å². The van der Waals surface area contributed by atoms with Crippen molar-refractivity contribution in [3.8, 4) is 5.75 Å². The maximum atomic E-state index is 10.6. The molecule has 1 atom stereocenters. The Hall–Kier alpha value is -1.43. The second-order valence-corrected chi connectivity index (χ2v) is 6.02. The molecule has 0 spiro atoms. The van der Waals surface area contributed by atoms with Crippen LogP contribution in [0.25, 0.3) is 10.8 Å². The number of methoxy groups -OCH3 is 1. The molecule has 0 radical (unpaired) electrons. The molecule has 1 heterocycles. The van der Waals surface area contributed by atoms with Gasteiger partial charge in [-0.15, -0.1) is 11.3 Å². The van der Waals surface area contributed by atoms with E-state index in [9.17, 15) is 5.11 Å². The number of aromatic nitrogens is 1. The molecule has 0 aliphatic heterocycles. The van der Waals surface area contributed by atoms with Crippen LogP contribution in [-0.4, -0.2) is 17.2 Å². The minimum atomic E-state index is -0.734. The maximum Gasteiger partial charge on any atom is 0.131 e. The first-order chi connectivity index (χ1) is 9.70. The summed E-state index contributed by atoms with van der Waals surface area (Å²) in [6, 6.07) is 11.7. The van der Waals surface area contributed by atoms with Crippen molar-refractivity contribution in [1.82, 2.24) is 4.98 Å². The predicted molar refractivity (Wildman–Crippen MR) is 84.4 cm³/mol. The van der Waals surface area contributed by atoms with E-state index >= 15 is 0 Å². The van der Waals surface area contributed by atoms with Gasteiger partial charge in [0.05, 0.1) is 7.11 Å². The Morgan fingerprint density at radius 3 is 2.60 bits per heavy atom. The number of thiazole rings is 1. The molecule has 2 aromatic carbocycles. The van der Waals surface area contributed by atoms with E-state index in [0.717, 1.165) is 26.7 Å². The summed E-state index contributed by atoms with van der Waals surface area (Å²) >= 11 is 4.75. The summed E-state index contributed by atoms with van der Waals surface area (Å²) in [7, 11) is 1.65. The summed E-state index contributed by atoms with van der Waals surface area (Å²) in [5.41, 5.74) is 0.836. The fraction of sp³-hybridized carbons (Fsp3) is 0.133. The predicted octanol–water partition coefficient (Wildman–Crippen LogP) is 4.15. The highest BCUT2D eigenvalue weighted by molar-refractivity contribution is 9.10. The van der Waals surface area contributed by atoms with Gasteiger partial charge in [0.25, 0.3) is 0 Å². The molecule has 0 bridgehead atoms. The van der Waals surface area contributed by atoms with Gasteiger partial charge < -0.3 is 9.84 Å². The molecule has 20 heavy (non-hydrogen) atoms. The van der Waals surface area contributed by atoms with Gasteiger partial charge >= 0.3 is 0 Å².